The van der Waals surface area contributed by atoms with E-state index in [4.69, 9.17) is 4.79 Å². The number of carbonyl (C=O) groups is 1. The summed E-state index contributed by atoms with van der Waals surface area (Å²) in [7, 11) is 0. The van der Waals surface area contributed by atoms with Crippen LogP contribution in [0.2, 0.25) is 0 Å². The molecule has 1 aromatic carbocycles. The molecule has 0 bridgehead atoms. The van der Waals surface area contributed by atoms with Gasteiger partial charge in [-0.1, -0.05) is 12.1 Å². The van der Waals surface area contributed by atoms with E-state index in [1.165, 1.54) is 15.5 Å². The second-order valence-corrected chi connectivity index (χ2v) is 4.32. The molecule has 0 saturated carbocycles. The molecule has 0 radical (unpaired) electrons. The van der Waals surface area contributed by atoms with Gasteiger partial charge in [-0.2, -0.15) is 0 Å². The number of aromatic nitrogens is 1. The normalized spacial score (nSPS) is 9.88. The zero-order valence-corrected chi connectivity index (χ0v) is 9.78. The fourth-order valence-corrected chi connectivity index (χ4v) is 2.38. The summed E-state index contributed by atoms with van der Waals surface area (Å²) in [6.45, 7) is 0. The van der Waals surface area contributed by atoms with Crippen LogP contribution in [0.4, 0.5) is 4.79 Å². The number of thiophene rings is 1. The molecule has 4 nitrogen and oxygen atoms in total. The number of hydrogen-bond donors (Lipinski definition) is 2. The first-order chi connectivity index (χ1) is 8.18. The molecule has 86 valence electrons. The number of benzene rings is 1. The number of fused-ring (bicyclic) bond motifs is 3. The molecule has 0 saturated heterocycles. The highest BCUT2D eigenvalue weighted by molar-refractivity contribution is 7.17. The zero-order chi connectivity index (χ0) is 12.3. The van der Waals surface area contributed by atoms with E-state index < -0.39 is 6.03 Å². The Morgan fingerprint density at radius 3 is 2.71 bits per heavy atom. The van der Waals surface area contributed by atoms with Crippen LogP contribution in [0, 0.1) is 0 Å². The number of nitrogens with zero attached hydrogens (tertiary/aromatic N) is 1. The number of amides is 2. The highest BCUT2D eigenvalue weighted by atomic mass is 32.1. The summed E-state index contributed by atoms with van der Waals surface area (Å²) < 4.78 is 1.31. The van der Waals surface area contributed by atoms with Gasteiger partial charge in [-0.3, -0.25) is 4.98 Å². The Morgan fingerprint density at radius 2 is 1.94 bits per heavy atom. The molecule has 2 heterocycles. The second-order valence-electron chi connectivity index (χ2n) is 3.38. The molecule has 0 aliphatic carbocycles. The minimum atomic E-state index is -0.833. The smallest absolute Gasteiger partial charge is 0.309 e. The second kappa shape index (κ2) is 4.80. The molecule has 3 rings (SSSR count). The molecule has 0 spiro atoms. The lowest BCUT2D eigenvalue weighted by Crippen LogP contribution is -2.18. The van der Waals surface area contributed by atoms with Crippen molar-refractivity contribution in [2.45, 2.75) is 0 Å². The number of rotatable bonds is 0. The maximum atomic E-state index is 9.00. The molecule has 0 aliphatic rings. The summed E-state index contributed by atoms with van der Waals surface area (Å²) in [5, 5.41) is 4.59. The lowest BCUT2D eigenvalue weighted by atomic mass is 10.1. The first-order valence-electron chi connectivity index (χ1n) is 4.94. The van der Waals surface area contributed by atoms with Gasteiger partial charge in [0.2, 0.25) is 0 Å². The molecule has 2 aromatic heterocycles. The Balaban J connectivity index is 0.000000239. The minimum absolute atomic E-state index is 0.833. The van der Waals surface area contributed by atoms with E-state index in [1.54, 1.807) is 11.3 Å². The first-order valence-corrected chi connectivity index (χ1v) is 5.82. The molecule has 0 aliphatic heterocycles. The van der Waals surface area contributed by atoms with Crippen molar-refractivity contribution in [2.24, 2.45) is 11.5 Å². The lowest BCUT2D eigenvalue weighted by molar-refractivity contribution is 0.256. The van der Waals surface area contributed by atoms with Crippen molar-refractivity contribution in [3.05, 3.63) is 41.9 Å². The number of carbonyl (C=O) groups excluding carboxylic acids is 1. The molecule has 4 N–H and O–H groups in total. The van der Waals surface area contributed by atoms with E-state index in [0.717, 1.165) is 5.52 Å². The third kappa shape index (κ3) is 2.51. The van der Waals surface area contributed by atoms with E-state index in [1.807, 2.05) is 12.3 Å². The van der Waals surface area contributed by atoms with Crippen LogP contribution in [0.15, 0.2) is 41.9 Å². The maximum absolute atomic E-state index is 9.00. The van der Waals surface area contributed by atoms with Crippen LogP contribution in [0.25, 0.3) is 21.0 Å². The zero-order valence-electron chi connectivity index (χ0n) is 8.96. The Kier molecular flexibility index (Phi) is 3.20. The molecule has 2 amide bonds. The van der Waals surface area contributed by atoms with E-state index >= 15 is 0 Å². The van der Waals surface area contributed by atoms with Crippen LogP contribution in [0.5, 0.6) is 0 Å². The van der Waals surface area contributed by atoms with Crippen LogP contribution in [0.1, 0.15) is 0 Å². The Morgan fingerprint density at radius 1 is 1.18 bits per heavy atom. The van der Waals surface area contributed by atoms with Crippen LogP contribution in [-0.4, -0.2) is 11.0 Å². The van der Waals surface area contributed by atoms with Crippen molar-refractivity contribution in [1.82, 2.24) is 4.98 Å². The molecule has 0 atom stereocenters. The number of hydrogen-bond acceptors (Lipinski definition) is 3. The van der Waals surface area contributed by atoms with Gasteiger partial charge in [-0.25, -0.2) is 4.79 Å². The average Bonchev–Trinajstić information content (AvgIpc) is 2.76. The largest absolute Gasteiger partial charge is 0.352 e. The van der Waals surface area contributed by atoms with E-state index in [0.29, 0.717) is 0 Å². The predicted molar refractivity (Wildman–Crippen MR) is 70.9 cm³/mol. The number of urea groups is 1. The van der Waals surface area contributed by atoms with Gasteiger partial charge in [-0.05, 0) is 23.6 Å². The summed E-state index contributed by atoms with van der Waals surface area (Å²) in [6, 6.07) is 9.65. The van der Waals surface area contributed by atoms with Crippen molar-refractivity contribution in [3.8, 4) is 0 Å². The van der Waals surface area contributed by atoms with Gasteiger partial charge in [0.25, 0.3) is 0 Å². The standard InChI is InChI=1S/C11H7NS.CH4N2O/c1-2-8-3-4-10-9(5-7-13-10)11(8)12-6-1;2-1(3)4/h1-7H;(H4,2,3,4). The SMILES string of the molecule is NC(N)=O.c1cnc2c(c1)ccc1sccc12. The molecular weight excluding hydrogens is 234 g/mol. The summed E-state index contributed by atoms with van der Waals surface area (Å²) in [5.74, 6) is 0. The quantitative estimate of drug-likeness (QED) is 0.637. The van der Waals surface area contributed by atoms with Crippen molar-refractivity contribution >= 4 is 38.4 Å². The predicted octanol–water partition coefficient (Wildman–Crippen LogP) is 2.47. The van der Waals surface area contributed by atoms with Crippen LogP contribution >= 0.6 is 11.3 Å². The maximum Gasteiger partial charge on any atom is 0.309 e. The lowest BCUT2D eigenvalue weighted by Gasteiger charge is -1.96. The van der Waals surface area contributed by atoms with E-state index in [9.17, 15) is 0 Å². The van der Waals surface area contributed by atoms with Crippen molar-refractivity contribution in [3.63, 3.8) is 0 Å². The third-order valence-corrected chi connectivity index (χ3v) is 3.09. The van der Waals surface area contributed by atoms with Crippen LogP contribution in [-0.2, 0) is 0 Å². The van der Waals surface area contributed by atoms with Gasteiger partial charge in [0.15, 0.2) is 0 Å². The van der Waals surface area contributed by atoms with E-state index in [2.05, 4.69) is 46.1 Å². The average molecular weight is 245 g/mol. The van der Waals surface area contributed by atoms with Gasteiger partial charge in [0.05, 0.1) is 5.52 Å². The molecule has 0 unspecified atom stereocenters. The fraction of sp³-hybridized carbons (Fsp3) is 0. The van der Waals surface area contributed by atoms with Crippen LogP contribution in [0.3, 0.4) is 0 Å². The van der Waals surface area contributed by atoms with Crippen molar-refractivity contribution in [2.75, 3.05) is 0 Å². The fourth-order valence-electron chi connectivity index (χ4n) is 1.59. The minimum Gasteiger partial charge on any atom is -0.352 e. The van der Waals surface area contributed by atoms with Crippen LogP contribution < -0.4 is 11.5 Å². The number of pyridine rings is 1. The van der Waals surface area contributed by atoms with Gasteiger partial charge in [0, 0.05) is 21.7 Å². The highest BCUT2D eigenvalue weighted by Crippen LogP contribution is 2.27. The first kappa shape index (κ1) is 11.3. The molecule has 5 heteroatoms. The van der Waals surface area contributed by atoms with Gasteiger partial charge >= 0.3 is 6.03 Å². The van der Waals surface area contributed by atoms with Gasteiger partial charge in [-0.15, -0.1) is 11.3 Å². The van der Waals surface area contributed by atoms with Gasteiger partial charge < -0.3 is 11.5 Å². The highest BCUT2D eigenvalue weighted by Gasteiger charge is 2.00. The Hall–Kier alpha value is -2.14. The number of primary amides is 2. The van der Waals surface area contributed by atoms with Crippen molar-refractivity contribution < 1.29 is 4.79 Å². The Bertz CT molecular complexity index is 659. The Labute approximate surface area is 102 Å². The summed E-state index contributed by atoms with van der Waals surface area (Å²) in [4.78, 5) is 13.4. The monoisotopic (exact) mass is 245 g/mol. The van der Waals surface area contributed by atoms with Gasteiger partial charge in [0.1, 0.15) is 0 Å². The molecule has 0 fully saturated rings. The summed E-state index contributed by atoms with van der Waals surface area (Å²) in [6.07, 6.45) is 1.85. The van der Waals surface area contributed by atoms with Crippen molar-refractivity contribution in [1.29, 1.82) is 0 Å². The third-order valence-electron chi connectivity index (χ3n) is 2.20. The van der Waals surface area contributed by atoms with E-state index in [-0.39, 0.29) is 0 Å². The molecular formula is C12H11N3OS. The number of nitrogens with two attached hydrogens (primary N) is 2. The molecule has 3 aromatic rings. The summed E-state index contributed by atoms with van der Waals surface area (Å²) in [5.41, 5.74) is 9.61. The molecule has 17 heavy (non-hydrogen) atoms. The topological polar surface area (TPSA) is 82.0 Å². The summed E-state index contributed by atoms with van der Waals surface area (Å²) >= 11 is 1.76.